The summed E-state index contributed by atoms with van der Waals surface area (Å²) in [4.78, 5) is 13.0. The van der Waals surface area contributed by atoms with Gasteiger partial charge in [0.2, 0.25) is 0 Å². The van der Waals surface area contributed by atoms with Gasteiger partial charge in [0.1, 0.15) is 5.82 Å². The van der Waals surface area contributed by atoms with E-state index < -0.39 is 11.8 Å². The lowest BCUT2D eigenvalue weighted by atomic mass is 9.80. The Hall–Kier alpha value is -1.46. The predicted molar refractivity (Wildman–Crippen MR) is 75.5 cm³/mol. The number of hydrogen-bond donors (Lipinski definition) is 2. The molecule has 1 aliphatic heterocycles. The van der Waals surface area contributed by atoms with Crippen molar-refractivity contribution in [3.63, 3.8) is 0 Å². The molecule has 114 valence electrons. The van der Waals surface area contributed by atoms with E-state index in [1.54, 1.807) is 6.07 Å². The summed E-state index contributed by atoms with van der Waals surface area (Å²) in [7, 11) is 0. The zero-order valence-corrected chi connectivity index (χ0v) is 11.8. The number of nitrogens with zero attached hydrogens (tertiary/aromatic N) is 1. The van der Waals surface area contributed by atoms with Gasteiger partial charge in [-0.15, -0.1) is 0 Å². The molecule has 3 atom stereocenters. The van der Waals surface area contributed by atoms with Crippen LogP contribution >= 0.6 is 0 Å². The molecule has 1 aromatic rings. The van der Waals surface area contributed by atoms with Gasteiger partial charge in [0.25, 0.3) is 0 Å². The fourth-order valence-electron chi connectivity index (χ4n) is 3.68. The SMILES string of the molecule is O=C(O)c1ccc(CN2C[C@H]3CC[C@@H](O)C[C@H]3C2)c(F)c1. The predicted octanol–water partition coefficient (Wildman–Crippen LogP) is 2.12. The number of carboxylic acid groups (broad SMARTS) is 1. The molecule has 4 nitrogen and oxygen atoms in total. The van der Waals surface area contributed by atoms with E-state index in [2.05, 4.69) is 4.90 Å². The molecule has 5 heteroatoms. The van der Waals surface area contributed by atoms with Gasteiger partial charge in [-0.05, 0) is 43.2 Å². The Morgan fingerprint density at radius 3 is 2.76 bits per heavy atom. The minimum absolute atomic E-state index is 0.0190. The first-order chi connectivity index (χ1) is 10.0. The molecule has 2 aliphatic rings. The number of rotatable bonds is 3. The molecule has 21 heavy (non-hydrogen) atoms. The molecule has 1 saturated heterocycles. The van der Waals surface area contributed by atoms with E-state index in [0.717, 1.165) is 38.4 Å². The van der Waals surface area contributed by atoms with Crippen LogP contribution in [0.1, 0.15) is 35.2 Å². The second kappa shape index (κ2) is 5.73. The lowest BCUT2D eigenvalue weighted by Crippen LogP contribution is -2.26. The minimum atomic E-state index is -1.11. The summed E-state index contributed by atoms with van der Waals surface area (Å²) in [5.41, 5.74) is 0.522. The molecule has 1 heterocycles. The molecule has 1 aromatic carbocycles. The summed E-state index contributed by atoms with van der Waals surface area (Å²) in [6.45, 7) is 2.34. The average molecular weight is 293 g/mol. The normalized spacial score (nSPS) is 29.3. The highest BCUT2D eigenvalue weighted by molar-refractivity contribution is 5.87. The third-order valence-electron chi connectivity index (χ3n) is 4.79. The number of aromatic carboxylic acids is 1. The van der Waals surface area contributed by atoms with Crippen LogP contribution < -0.4 is 0 Å². The molecule has 0 unspecified atom stereocenters. The van der Waals surface area contributed by atoms with Crippen LogP contribution in [-0.2, 0) is 6.54 Å². The van der Waals surface area contributed by atoms with E-state index in [-0.39, 0.29) is 11.7 Å². The monoisotopic (exact) mass is 293 g/mol. The largest absolute Gasteiger partial charge is 0.478 e. The molecule has 0 amide bonds. The van der Waals surface area contributed by atoms with Crippen molar-refractivity contribution < 1.29 is 19.4 Å². The molecule has 0 bridgehead atoms. The second-order valence-electron chi connectivity index (χ2n) is 6.29. The van der Waals surface area contributed by atoms with E-state index in [0.29, 0.717) is 23.9 Å². The molecule has 2 fully saturated rings. The number of fused-ring (bicyclic) bond motifs is 1. The summed E-state index contributed by atoms with van der Waals surface area (Å²) in [5, 5.41) is 18.6. The zero-order chi connectivity index (χ0) is 15.0. The van der Waals surface area contributed by atoms with E-state index in [9.17, 15) is 14.3 Å². The highest BCUT2D eigenvalue weighted by Crippen LogP contribution is 2.36. The zero-order valence-electron chi connectivity index (χ0n) is 11.8. The van der Waals surface area contributed by atoms with Gasteiger partial charge in [-0.2, -0.15) is 0 Å². The number of benzene rings is 1. The summed E-state index contributed by atoms with van der Waals surface area (Å²) < 4.78 is 14.0. The van der Waals surface area contributed by atoms with Gasteiger partial charge in [-0.3, -0.25) is 4.90 Å². The number of likely N-dealkylation sites (tertiary alicyclic amines) is 1. The topological polar surface area (TPSA) is 60.8 Å². The first-order valence-electron chi connectivity index (χ1n) is 7.45. The minimum Gasteiger partial charge on any atom is -0.478 e. The van der Waals surface area contributed by atoms with Crippen molar-refractivity contribution >= 4 is 5.97 Å². The van der Waals surface area contributed by atoms with E-state index in [1.807, 2.05) is 0 Å². The lowest BCUT2D eigenvalue weighted by molar-refractivity contribution is 0.0696. The Balaban J connectivity index is 1.66. The molecular weight excluding hydrogens is 273 g/mol. The molecule has 2 N–H and O–H groups in total. The maximum Gasteiger partial charge on any atom is 0.335 e. The summed E-state index contributed by atoms with van der Waals surface area (Å²) in [6, 6.07) is 4.10. The first kappa shape index (κ1) is 14.5. The molecule has 3 rings (SSSR count). The second-order valence-corrected chi connectivity index (χ2v) is 6.29. The molecule has 0 radical (unpaired) electrons. The number of carbonyl (C=O) groups is 1. The van der Waals surface area contributed by atoms with Gasteiger partial charge in [0.15, 0.2) is 0 Å². The van der Waals surface area contributed by atoms with E-state index in [4.69, 9.17) is 5.11 Å². The summed E-state index contributed by atoms with van der Waals surface area (Å²) in [6.07, 6.45) is 2.58. The van der Waals surface area contributed by atoms with Gasteiger partial charge in [-0.1, -0.05) is 6.07 Å². The Morgan fingerprint density at radius 1 is 1.29 bits per heavy atom. The van der Waals surface area contributed by atoms with Crippen LogP contribution in [0.25, 0.3) is 0 Å². The van der Waals surface area contributed by atoms with Crippen LogP contribution in [0.4, 0.5) is 4.39 Å². The number of aliphatic hydroxyl groups is 1. The van der Waals surface area contributed by atoms with Crippen molar-refractivity contribution in [2.45, 2.75) is 31.9 Å². The number of halogens is 1. The van der Waals surface area contributed by atoms with Crippen molar-refractivity contribution in [2.75, 3.05) is 13.1 Å². The Bertz CT molecular complexity index is 548. The van der Waals surface area contributed by atoms with Crippen LogP contribution in [0.2, 0.25) is 0 Å². The quantitative estimate of drug-likeness (QED) is 0.896. The molecule has 0 spiro atoms. The van der Waals surface area contributed by atoms with Crippen molar-refractivity contribution in [3.8, 4) is 0 Å². The number of aliphatic hydroxyl groups excluding tert-OH is 1. The Kier molecular flexibility index (Phi) is 3.95. The maximum absolute atomic E-state index is 14.0. The lowest BCUT2D eigenvalue weighted by Gasteiger charge is -2.27. The molecular formula is C16H20FNO3. The van der Waals surface area contributed by atoms with Crippen LogP contribution in [0.5, 0.6) is 0 Å². The van der Waals surface area contributed by atoms with Crippen molar-refractivity contribution in [1.29, 1.82) is 0 Å². The molecule has 1 saturated carbocycles. The fourth-order valence-corrected chi connectivity index (χ4v) is 3.68. The molecule has 1 aliphatic carbocycles. The highest BCUT2D eigenvalue weighted by atomic mass is 19.1. The number of hydrogen-bond acceptors (Lipinski definition) is 3. The Morgan fingerprint density at radius 2 is 2.05 bits per heavy atom. The van der Waals surface area contributed by atoms with Crippen LogP contribution in [-0.4, -0.2) is 40.3 Å². The van der Waals surface area contributed by atoms with E-state index >= 15 is 0 Å². The van der Waals surface area contributed by atoms with Gasteiger partial charge in [-0.25, -0.2) is 9.18 Å². The molecule has 0 aromatic heterocycles. The van der Waals surface area contributed by atoms with Gasteiger partial charge >= 0.3 is 5.97 Å². The first-order valence-corrected chi connectivity index (χ1v) is 7.45. The smallest absolute Gasteiger partial charge is 0.335 e. The standard InChI is InChI=1S/C16H20FNO3/c17-15-6-10(16(20)21)1-2-12(15)8-18-7-11-3-4-14(19)5-13(11)9-18/h1-2,6,11,13-14,19H,3-5,7-9H2,(H,20,21)/t11-,13+,14-/m1/s1. The van der Waals surface area contributed by atoms with Crippen LogP contribution in [0, 0.1) is 17.7 Å². The summed E-state index contributed by atoms with van der Waals surface area (Å²) in [5.74, 6) is -0.448. The maximum atomic E-state index is 14.0. The third-order valence-corrected chi connectivity index (χ3v) is 4.79. The average Bonchev–Trinajstić information content (AvgIpc) is 2.82. The van der Waals surface area contributed by atoms with Crippen LogP contribution in [0.15, 0.2) is 18.2 Å². The Labute approximate surface area is 123 Å². The van der Waals surface area contributed by atoms with Gasteiger partial charge in [0.05, 0.1) is 11.7 Å². The summed E-state index contributed by atoms with van der Waals surface area (Å²) >= 11 is 0. The third kappa shape index (κ3) is 3.09. The van der Waals surface area contributed by atoms with Gasteiger partial charge in [0, 0.05) is 25.2 Å². The van der Waals surface area contributed by atoms with Gasteiger partial charge < -0.3 is 10.2 Å². The highest BCUT2D eigenvalue weighted by Gasteiger charge is 2.37. The fraction of sp³-hybridized carbons (Fsp3) is 0.562. The van der Waals surface area contributed by atoms with Crippen molar-refractivity contribution in [2.24, 2.45) is 11.8 Å². The van der Waals surface area contributed by atoms with Crippen molar-refractivity contribution in [3.05, 3.63) is 35.1 Å². The van der Waals surface area contributed by atoms with E-state index in [1.165, 1.54) is 6.07 Å². The number of carboxylic acids is 1. The van der Waals surface area contributed by atoms with Crippen molar-refractivity contribution in [1.82, 2.24) is 4.90 Å². The van der Waals surface area contributed by atoms with Crippen LogP contribution in [0.3, 0.4) is 0 Å².